The summed E-state index contributed by atoms with van der Waals surface area (Å²) in [4.78, 5) is 4.79. The highest BCUT2D eigenvalue weighted by atomic mass is 16.5. The van der Waals surface area contributed by atoms with Crippen molar-refractivity contribution in [1.29, 1.82) is 0 Å². The molecule has 0 aromatic heterocycles. The molecule has 0 aromatic carbocycles. The van der Waals surface area contributed by atoms with Crippen LogP contribution in [0.1, 0.15) is 19.8 Å². The van der Waals surface area contributed by atoms with Gasteiger partial charge >= 0.3 is 0 Å². The summed E-state index contributed by atoms with van der Waals surface area (Å²) in [5, 5.41) is 3.56. The Morgan fingerprint density at radius 1 is 1.22 bits per heavy atom. The Bertz CT molecular complexity index is 193. The van der Waals surface area contributed by atoms with Crippen molar-refractivity contribution in [2.45, 2.75) is 19.8 Å². The molecule has 0 radical (unpaired) electrons. The molecule has 18 heavy (non-hydrogen) atoms. The van der Waals surface area contributed by atoms with Gasteiger partial charge in [-0.25, -0.2) is 0 Å². The summed E-state index contributed by atoms with van der Waals surface area (Å²) in [6.45, 7) is 11.1. The van der Waals surface area contributed by atoms with E-state index < -0.39 is 0 Å². The fraction of sp³-hybridized carbons (Fsp3) is 1.00. The highest BCUT2D eigenvalue weighted by molar-refractivity contribution is 4.67. The molecule has 1 atom stereocenters. The summed E-state index contributed by atoms with van der Waals surface area (Å²) in [7, 11) is 4.28. The molecule has 1 aliphatic heterocycles. The van der Waals surface area contributed by atoms with Crippen LogP contribution in [0.4, 0.5) is 0 Å². The molecule has 108 valence electrons. The Morgan fingerprint density at radius 3 is 2.67 bits per heavy atom. The Labute approximate surface area is 113 Å². The molecule has 1 rings (SSSR count). The molecule has 1 fully saturated rings. The predicted octanol–water partition coefficient (Wildman–Crippen LogP) is 0.886. The summed E-state index contributed by atoms with van der Waals surface area (Å²) < 4.78 is 5.38. The van der Waals surface area contributed by atoms with Gasteiger partial charge < -0.3 is 19.9 Å². The van der Waals surface area contributed by atoms with Crippen molar-refractivity contribution in [2.24, 2.45) is 5.92 Å². The molecule has 1 aliphatic rings. The molecule has 0 aliphatic carbocycles. The van der Waals surface area contributed by atoms with Crippen molar-refractivity contribution in [3.05, 3.63) is 0 Å². The standard InChI is InChI=1S/C14H31N3O/c1-4-17(9-5-8-16(2)3)10-7-15-12-14-6-11-18-13-14/h14-15H,4-13H2,1-3H3. The molecule has 0 saturated carbocycles. The van der Waals surface area contributed by atoms with Crippen LogP contribution in [0, 0.1) is 5.92 Å². The van der Waals surface area contributed by atoms with Gasteiger partial charge in [0.05, 0.1) is 6.61 Å². The van der Waals surface area contributed by atoms with Crippen molar-refractivity contribution in [3.8, 4) is 0 Å². The lowest BCUT2D eigenvalue weighted by molar-refractivity contribution is 0.185. The van der Waals surface area contributed by atoms with Gasteiger partial charge in [-0.2, -0.15) is 0 Å². The van der Waals surface area contributed by atoms with Gasteiger partial charge in [0, 0.05) is 26.2 Å². The molecule has 4 heteroatoms. The summed E-state index contributed by atoms with van der Waals surface area (Å²) >= 11 is 0. The van der Waals surface area contributed by atoms with Crippen LogP contribution in [-0.4, -0.2) is 76.4 Å². The first kappa shape index (κ1) is 15.9. The zero-order valence-electron chi connectivity index (χ0n) is 12.5. The lowest BCUT2D eigenvalue weighted by atomic mass is 10.1. The number of ether oxygens (including phenoxy) is 1. The van der Waals surface area contributed by atoms with Crippen LogP contribution in [0.3, 0.4) is 0 Å². The van der Waals surface area contributed by atoms with Crippen molar-refractivity contribution < 1.29 is 4.74 Å². The Kier molecular flexibility index (Phi) is 8.59. The quantitative estimate of drug-likeness (QED) is 0.588. The second-order valence-corrected chi connectivity index (χ2v) is 5.52. The second-order valence-electron chi connectivity index (χ2n) is 5.52. The fourth-order valence-corrected chi connectivity index (χ4v) is 2.33. The van der Waals surface area contributed by atoms with Gasteiger partial charge in [-0.3, -0.25) is 0 Å². The van der Waals surface area contributed by atoms with Crippen LogP contribution >= 0.6 is 0 Å². The Hall–Kier alpha value is -0.160. The molecule has 1 unspecified atom stereocenters. The Morgan fingerprint density at radius 2 is 2.06 bits per heavy atom. The summed E-state index contributed by atoms with van der Waals surface area (Å²) in [6, 6.07) is 0. The number of nitrogens with one attached hydrogen (secondary N) is 1. The predicted molar refractivity (Wildman–Crippen MR) is 77.1 cm³/mol. The number of hydrogen-bond acceptors (Lipinski definition) is 4. The minimum absolute atomic E-state index is 0.744. The molecular formula is C14H31N3O. The number of hydrogen-bond donors (Lipinski definition) is 1. The zero-order chi connectivity index (χ0) is 13.2. The third kappa shape index (κ3) is 7.31. The van der Waals surface area contributed by atoms with Crippen LogP contribution in [0.5, 0.6) is 0 Å². The van der Waals surface area contributed by atoms with E-state index in [-0.39, 0.29) is 0 Å². The largest absolute Gasteiger partial charge is 0.381 e. The number of nitrogens with zero attached hydrogens (tertiary/aromatic N) is 2. The maximum atomic E-state index is 5.38. The average molecular weight is 257 g/mol. The molecule has 1 saturated heterocycles. The fourth-order valence-electron chi connectivity index (χ4n) is 2.33. The molecule has 4 nitrogen and oxygen atoms in total. The Balaban J connectivity index is 1.96. The van der Waals surface area contributed by atoms with Crippen molar-refractivity contribution in [3.63, 3.8) is 0 Å². The first-order chi connectivity index (χ1) is 8.72. The summed E-state index contributed by atoms with van der Waals surface area (Å²) in [5.41, 5.74) is 0. The molecule has 1 N–H and O–H groups in total. The average Bonchev–Trinajstić information content (AvgIpc) is 2.84. The van der Waals surface area contributed by atoms with Gasteiger partial charge in [-0.15, -0.1) is 0 Å². The van der Waals surface area contributed by atoms with Gasteiger partial charge in [0.1, 0.15) is 0 Å². The zero-order valence-corrected chi connectivity index (χ0v) is 12.5. The van der Waals surface area contributed by atoms with E-state index in [1.54, 1.807) is 0 Å². The number of likely N-dealkylation sites (N-methyl/N-ethyl adjacent to an activating group) is 1. The van der Waals surface area contributed by atoms with Crippen LogP contribution in [-0.2, 0) is 4.74 Å². The van der Waals surface area contributed by atoms with E-state index in [0.29, 0.717) is 0 Å². The maximum absolute atomic E-state index is 5.38. The molecule has 1 heterocycles. The van der Waals surface area contributed by atoms with E-state index in [1.165, 1.54) is 25.9 Å². The summed E-state index contributed by atoms with van der Waals surface area (Å²) in [5.74, 6) is 0.744. The van der Waals surface area contributed by atoms with E-state index >= 15 is 0 Å². The maximum Gasteiger partial charge on any atom is 0.0507 e. The van der Waals surface area contributed by atoms with Crippen LogP contribution in [0.2, 0.25) is 0 Å². The van der Waals surface area contributed by atoms with E-state index in [9.17, 15) is 0 Å². The molecule has 0 amide bonds. The highest BCUT2D eigenvalue weighted by Crippen LogP contribution is 2.10. The van der Waals surface area contributed by atoms with Gasteiger partial charge in [0.15, 0.2) is 0 Å². The third-order valence-corrected chi connectivity index (χ3v) is 3.59. The third-order valence-electron chi connectivity index (χ3n) is 3.59. The van der Waals surface area contributed by atoms with Gasteiger partial charge in [0.25, 0.3) is 0 Å². The topological polar surface area (TPSA) is 27.7 Å². The first-order valence-electron chi connectivity index (χ1n) is 7.38. The van der Waals surface area contributed by atoms with Gasteiger partial charge in [-0.1, -0.05) is 6.92 Å². The van der Waals surface area contributed by atoms with E-state index in [0.717, 1.165) is 45.3 Å². The minimum Gasteiger partial charge on any atom is -0.381 e. The van der Waals surface area contributed by atoms with Crippen molar-refractivity contribution in [2.75, 3.05) is 66.6 Å². The SMILES string of the molecule is CCN(CCCN(C)C)CCNCC1CCOC1. The minimum atomic E-state index is 0.744. The first-order valence-corrected chi connectivity index (χ1v) is 7.38. The molecule has 0 aromatic rings. The monoisotopic (exact) mass is 257 g/mol. The van der Waals surface area contributed by atoms with Gasteiger partial charge in [0.2, 0.25) is 0 Å². The van der Waals surface area contributed by atoms with E-state index in [2.05, 4.69) is 36.1 Å². The van der Waals surface area contributed by atoms with Crippen molar-refractivity contribution >= 4 is 0 Å². The molecular weight excluding hydrogens is 226 g/mol. The second kappa shape index (κ2) is 9.73. The number of rotatable bonds is 10. The lowest BCUT2D eigenvalue weighted by Crippen LogP contribution is -2.35. The lowest BCUT2D eigenvalue weighted by Gasteiger charge is -2.22. The molecule has 0 bridgehead atoms. The molecule has 0 spiro atoms. The van der Waals surface area contributed by atoms with Crippen LogP contribution in [0.25, 0.3) is 0 Å². The van der Waals surface area contributed by atoms with Gasteiger partial charge in [-0.05, 0) is 52.5 Å². The highest BCUT2D eigenvalue weighted by Gasteiger charge is 2.14. The van der Waals surface area contributed by atoms with E-state index in [1.807, 2.05) is 0 Å². The smallest absolute Gasteiger partial charge is 0.0507 e. The summed E-state index contributed by atoms with van der Waals surface area (Å²) in [6.07, 6.45) is 2.49. The van der Waals surface area contributed by atoms with Crippen molar-refractivity contribution in [1.82, 2.24) is 15.1 Å². The van der Waals surface area contributed by atoms with E-state index in [4.69, 9.17) is 4.74 Å². The van der Waals surface area contributed by atoms with Crippen LogP contribution < -0.4 is 5.32 Å². The normalized spacial score (nSPS) is 20.2. The van der Waals surface area contributed by atoms with Crippen LogP contribution in [0.15, 0.2) is 0 Å².